The van der Waals surface area contributed by atoms with E-state index in [1.54, 1.807) is 19.1 Å². The fraction of sp³-hybridized carbons (Fsp3) is 0.0667. The Balaban J connectivity index is 1.85. The molecule has 24 heavy (non-hydrogen) atoms. The summed E-state index contributed by atoms with van der Waals surface area (Å²) >= 11 is 2.84. The molecule has 0 radical (unpaired) electrons. The van der Waals surface area contributed by atoms with Gasteiger partial charge in [0.25, 0.3) is 0 Å². The van der Waals surface area contributed by atoms with Crippen molar-refractivity contribution in [2.24, 2.45) is 0 Å². The first-order valence-electron chi connectivity index (χ1n) is 6.96. The van der Waals surface area contributed by atoms with E-state index in [9.17, 15) is 4.39 Å². The molecule has 0 bridgehead atoms. The van der Waals surface area contributed by atoms with Gasteiger partial charge in [0.1, 0.15) is 27.8 Å². The minimum Gasteiger partial charge on any atom is -0.336 e. The number of nitrogens with zero attached hydrogens (tertiary/aromatic N) is 5. The molecular formula is C15H11FN6S2. The zero-order valence-corrected chi connectivity index (χ0v) is 14.1. The summed E-state index contributed by atoms with van der Waals surface area (Å²) in [6.07, 6.45) is 1.51. The van der Waals surface area contributed by atoms with Gasteiger partial charge in [-0.25, -0.2) is 19.0 Å². The number of thiophene rings is 1. The van der Waals surface area contributed by atoms with Crippen molar-refractivity contribution in [2.75, 3.05) is 5.84 Å². The maximum Gasteiger partial charge on any atom is 0.216 e. The third-order valence-corrected chi connectivity index (χ3v) is 5.36. The summed E-state index contributed by atoms with van der Waals surface area (Å²) in [5, 5.41) is 12.2. The van der Waals surface area contributed by atoms with Crippen molar-refractivity contribution in [3.05, 3.63) is 47.6 Å². The summed E-state index contributed by atoms with van der Waals surface area (Å²) in [6.45, 7) is 1.78. The largest absolute Gasteiger partial charge is 0.336 e. The molecule has 0 fully saturated rings. The van der Waals surface area contributed by atoms with Crippen LogP contribution in [0.2, 0.25) is 0 Å². The van der Waals surface area contributed by atoms with Crippen LogP contribution in [0.15, 0.2) is 46.2 Å². The molecule has 0 saturated heterocycles. The van der Waals surface area contributed by atoms with Crippen molar-refractivity contribution < 1.29 is 4.39 Å². The van der Waals surface area contributed by atoms with Crippen LogP contribution in [0.5, 0.6) is 0 Å². The number of halogens is 1. The van der Waals surface area contributed by atoms with Crippen molar-refractivity contribution >= 4 is 33.3 Å². The molecule has 0 spiro atoms. The molecular weight excluding hydrogens is 347 g/mol. The van der Waals surface area contributed by atoms with E-state index in [-0.39, 0.29) is 5.82 Å². The molecule has 1 aromatic carbocycles. The Morgan fingerprint density at radius 1 is 1.17 bits per heavy atom. The summed E-state index contributed by atoms with van der Waals surface area (Å²) < 4.78 is 14.6. The minimum absolute atomic E-state index is 0.268. The standard InChI is InChI=1S/C15H11FN6S2/c1-8-20-21-15(22(8)17)24-14-12-11(6-23-13(12)18-7-19-14)9-2-4-10(16)5-3-9/h2-7H,17H2,1H3. The molecule has 4 aromatic rings. The first-order chi connectivity index (χ1) is 11.6. The zero-order chi connectivity index (χ0) is 16.7. The average molecular weight is 358 g/mol. The number of fused-ring (bicyclic) bond motifs is 1. The molecule has 0 unspecified atom stereocenters. The fourth-order valence-electron chi connectivity index (χ4n) is 2.27. The molecule has 4 rings (SSSR count). The minimum atomic E-state index is -0.268. The van der Waals surface area contributed by atoms with Gasteiger partial charge < -0.3 is 5.84 Å². The van der Waals surface area contributed by atoms with Gasteiger partial charge in [0, 0.05) is 10.9 Å². The van der Waals surface area contributed by atoms with Crippen molar-refractivity contribution in [1.82, 2.24) is 24.8 Å². The van der Waals surface area contributed by atoms with Gasteiger partial charge in [0.15, 0.2) is 0 Å². The molecule has 0 aliphatic carbocycles. The van der Waals surface area contributed by atoms with Crippen LogP contribution in [0.3, 0.4) is 0 Å². The van der Waals surface area contributed by atoms with Gasteiger partial charge in [-0.05, 0) is 36.4 Å². The summed E-state index contributed by atoms with van der Waals surface area (Å²) in [5.74, 6) is 6.27. The highest BCUT2D eigenvalue weighted by Gasteiger charge is 2.17. The number of hydrogen-bond donors (Lipinski definition) is 1. The third kappa shape index (κ3) is 2.51. The quantitative estimate of drug-likeness (QED) is 0.447. The Morgan fingerprint density at radius 2 is 1.96 bits per heavy atom. The highest BCUT2D eigenvalue weighted by atomic mass is 32.2. The van der Waals surface area contributed by atoms with Crippen molar-refractivity contribution in [2.45, 2.75) is 17.1 Å². The first kappa shape index (κ1) is 15.0. The van der Waals surface area contributed by atoms with Gasteiger partial charge in [0.05, 0.1) is 5.39 Å². The third-order valence-electron chi connectivity index (χ3n) is 3.51. The molecule has 3 heterocycles. The van der Waals surface area contributed by atoms with Gasteiger partial charge in [-0.3, -0.25) is 0 Å². The van der Waals surface area contributed by atoms with Crippen molar-refractivity contribution in [1.29, 1.82) is 0 Å². The number of nitrogens with two attached hydrogens (primary N) is 1. The second-order valence-corrected chi connectivity index (χ2v) is 6.83. The molecule has 0 saturated carbocycles. The second-order valence-electron chi connectivity index (χ2n) is 5.02. The van der Waals surface area contributed by atoms with Crippen molar-refractivity contribution in [3.8, 4) is 11.1 Å². The topological polar surface area (TPSA) is 82.5 Å². The van der Waals surface area contributed by atoms with Crippen LogP contribution in [0.1, 0.15) is 5.82 Å². The lowest BCUT2D eigenvalue weighted by molar-refractivity contribution is 0.628. The number of aryl methyl sites for hydroxylation is 1. The maximum atomic E-state index is 13.2. The molecule has 0 aliphatic rings. The maximum absolute atomic E-state index is 13.2. The van der Waals surface area contributed by atoms with Crippen molar-refractivity contribution in [3.63, 3.8) is 0 Å². The lowest BCUT2D eigenvalue weighted by atomic mass is 10.1. The molecule has 2 N–H and O–H groups in total. The first-order valence-corrected chi connectivity index (χ1v) is 8.66. The van der Waals surface area contributed by atoms with Crippen LogP contribution in [-0.2, 0) is 0 Å². The van der Waals surface area contributed by atoms with E-state index in [1.165, 1.54) is 46.2 Å². The number of benzene rings is 1. The molecule has 0 aliphatic heterocycles. The predicted octanol–water partition coefficient (Wildman–Crippen LogP) is 3.26. The number of nitrogen functional groups attached to an aromatic ring is 1. The SMILES string of the molecule is Cc1nnc(Sc2ncnc3scc(-c4ccc(F)cc4)c23)n1N. The predicted molar refractivity (Wildman–Crippen MR) is 91.8 cm³/mol. The molecule has 3 aromatic heterocycles. The number of rotatable bonds is 3. The molecule has 120 valence electrons. The summed E-state index contributed by atoms with van der Waals surface area (Å²) in [6, 6.07) is 6.37. The second kappa shape index (κ2) is 5.84. The Morgan fingerprint density at radius 3 is 2.67 bits per heavy atom. The Hall–Kier alpha value is -2.52. The number of hydrogen-bond acceptors (Lipinski definition) is 7. The van der Waals surface area contributed by atoms with E-state index in [0.29, 0.717) is 11.0 Å². The van der Waals surface area contributed by atoms with Gasteiger partial charge in [-0.1, -0.05) is 12.1 Å². The van der Waals surface area contributed by atoms with Crippen LogP contribution < -0.4 is 5.84 Å². The van der Waals surface area contributed by atoms with Gasteiger partial charge >= 0.3 is 0 Å². The molecule has 0 atom stereocenters. The smallest absolute Gasteiger partial charge is 0.216 e. The highest BCUT2D eigenvalue weighted by Crippen LogP contribution is 2.39. The van der Waals surface area contributed by atoms with E-state index < -0.39 is 0 Å². The monoisotopic (exact) mass is 358 g/mol. The van der Waals surface area contributed by atoms with E-state index in [2.05, 4.69) is 20.2 Å². The fourth-order valence-corrected chi connectivity index (χ4v) is 4.15. The Labute approximate surface area is 144 Å². The molecule has 0 amide bonds. The van der Waals surface area contributed by atoms with Gasteiger partial charge in [-0.2, -0.15) is 0 Å². The van der Waals surface area contributed by atoms with Gasteiger partial charge in [-0.15, -0.1) is 21.5 Å². The van der Waals surface area contributed by atoms with Crippen LogP contribution in [0, 0.1) is 12.7 Å². The average Bonchev–Trinajstić information content (AvgIpc) is 3.15. The molecule has 6 nitrogen and oxygen atoms in total. The highest BCUT2D eigenvalue weighted by molar-refractivity contribution is 7.99. The van der Waals surface area contributed by atoms with E-state index in [4.69, 9.17) is 5.84 Å². The van der Waals surface area contributed by atoms with E-state index >= 15 is 0 Å². The Bertz CT molecular complexity index is 1020. The lowest BCUT2D eigenvalue weighted by Gasteiger charge is -2.05. The summed E-state index contributed by atoms with van der Waals surface area (Å²) in [7, 11) is 0. The van der Waals surface area contributed by atoms with Crippen LogP contribution in [-0.4, -0.2) is 24.8 Å². The molecule has 9 heteroatoms. The summed E-state index contributed by atoms with van der Waals surface area (Å²) in [4.78, 5) is 9.55. The van der Waals surface area contributed by atoms with Crippen LogP contribution in [0.25, 0.3) is 21.3 Å². The van der Waals surface area contributed by atoms with E-state index in [1.807, 2.05) is 5.38 Å². The van der Waals surface area contributed by atoms with Crippen LogP contribution >= 0.6 is 23.1 Å². The lowest BCUT2D eigenvalue weighted by Crippen LogP contribution is -2.11. The Kier molecular flexibility index (Phi) is 3.66. The van der Waals surface area contributed by atoms with Crippen LogP contribution in [0.4, 0.5) is 4.39 Å². The zero-order valence-electron chi connectivity index (χ0n) is 12.5. The number of aromatic nitrogens is 5. The summed E-state index contributed by atoms with van der Waals surface area (Å²) in [5.41, 5.74) is 1.86. The normalized spacial score (nSPS) is 11.2. The van der Waals surface area contributed by atoms with Gasteiger partial charge in [0.2, 0.25) is 5.16 Å². The van der Waals surface area contributed by atoms with E-state index in [0.717, 1.165) is 26.4 Å².